The van der Waals surface area contributed by atoms with Crippen LogP contribution in [-0.4, -0.2) is 77.7 Å². The van der Waals surface area contributed by atoms with Gasteiger partial charge >= 0.3 is 0 Å². The lowest BCUT2D eigenvalue weighted by atomic mass is 10.0. The molecule has 0 aromatic carbocycles. The Morgan fingerprint density at radius 3 is 2.44 bits per heavy atom. The zero-order valence-electron chi connectivity index (χ0n) is 14.2. The number of hydrogen-bond acceptors (Lipinski definition) is 5. The molecule has 0 radical (unpaired) electrons. The van der Waals surface area contributed by atoms with Gasteiger partial charge in [0.25, 0.3) is 5.91 Å². The van der Waals surface area contributed by atoms with Gasteiger partial charge < -0.3 is 15.5 Å². The average Bonchev–Trinajstić information content (AvgIpc) is 3.16. The molecule has 3 heterocycles. The summed E-state index contributed by atoms with van der Waals surface area (Å²) in [6, 6.07) is 3.36. The molecule has 3 amide bonds. The molecular formula is C17H24N4O3S. The zero-order valence-corrected chi connectivity index (χ0v) is 15.0. The lowest BCUT2D eigenvalue weighted by Gasteiger charge is -2.38. The van der Waals surface area contributed by atoms with Crippen molar-refractivity contribution in [2.24, 2.45) is 5.73 Å². The Hall–Kier alpha value is -1.93. The fourth-order valence-corrected chi connectivity index (χ4v) is 4.18. The lowest BCUT2D eigenvalue weighted by Crippen LogP contribution is -2.55. The molecule has 2 saturated heterocycles. The molecule has 1 atom stereocenters. The number of nitrogens with zero attached hydrogens (tertiary/aromatic N) is 3. The third kappa shape index (κ3) is 4.19. The van der Waals surface area contributed by atoms with Crippen LogP contribution in [0.4, 0.5) is 0 Å². The number of rotatable bonds is 4. The van der Waals surface area contributed by atoms with Gasteiger partial charge in [-0.15, -0.1) is 11.3 Å². The molecular weight excluding hydrogens is 340 g/mol. The summed E-state index contributed by atoms with van der Waals surface area (Å²) in [5.74, 6) is -0.304. The van der Waals surface area contributed by atoms with Gasteiger partial charge in [0.1, 0.15) is 0 Å². The van der Waals surface area contributed by atoms with Crippen LogP contribution in [0.1, 0.15) is 28.9 Å². The second kappa shape index (κ2) is 7.97. The third-order valence-corrected chi connectivity index (χ3v) is 5.79. The van der Waals surface area contributed by atoms with Gasteiger partial charge in [0, 0.05) is 26.2 Å². The SMILES string of the molecule is NC(=O)[C@H]1CCCCN1CC(=O)N1CCN(C(=O)c2cccs2)CC1. The maximum absolute atomic E-state index is 12.6. The summed E-state index contributed by atoms with van der Waals surface area (Å²) in [7, 11) is 0. The Morgan fingerprint density at radius 1 is 1.08 bits per heavy atom. The van der Waals surface area contributed by atoms with Crippen LogP contribution in [0.25, 0.3) is 0 Å². The number of thiophene rings is 1. The van der Waals surface area contributed by atoms with E-state index in [0.29, 0.717) is 26.2 Å². The monoisotopic (exact) mass is 364 g/mol. The minimum atomic E-state index is -0.348. The summed E-state index contributed by atoms with van der Waals surface area (Å²) >= 11 is 1.44. The summed E-state index contributed by atoms with van der Waals surface area (Å²) < 4.78 is 0. The van der Waals surface area contributed by atoms with E-state index in [9.17, 15) is 14.4 Å². The first-order valence-corrected chi connectivity index (χ1v) is 9.58. The molecule has 7 nitrogen and oxygen atoms in total. The number of carbonyl (C=O) groups is 3. The highest BCUT2D eigenvalue weighted by atomic mass is 32.1. The summed E-state index contributed by atoms with van der Waals surface area (Å²) in [5.41, 5.74) is 5.46. The molecule has 1 aromatic heterocycles. The van der Waals surface area contributed by atoms with Crippen LogP contribution < -0.4 is 5.73 Å². The van der Waals surface area contributed by atoms with Crippen LogP contribution in [-0.2, 0) is 9.59 Å². The average molecular weight is 364 g/mol. The lowest BCUT2D eigenvalue weighted by molar-refractivity contribution is -0.136. The van der Waals surface area contributed by atoms with Crippen LogP contribution >= 0.6 is 11.3 Å². The summed E-state index contributed by atoms with van der Waals surface area (Å²) in [6.45, 7) is 3.11. The standard InChI is InChI=1S/C17H24N4O3S/c18-16(23)13-4-1-2-6-21(13)12-15(22)19-7-9-20(10-8-19)17(24)14-5-3-11-25-14/h3,5,11,13H,1-2,4,6-10,12H2,(H2,18,23)/t13-/m1/s1. The molecule has 2 N–H and O–H groups in total. The van der Waals surface area contributed by atoms with Crippen molar-refractivity contribution in [1.82, 2.24) is 14.7 Å². The van der Waals surface area contributed by atoms with Crippen LogP contribution in [0.2, 0.25) is 0 Å². The number of amides is 3. The first-order valence-electron chi connectivity index (χ1n) is 8.70. The maximum atomic E-state index is 12.6. The Kier molecular flexibility index (Phi) is 5.70. The number of primary amides is 1. The molecule has 25 heavy (non-hydrogen) atoms. The van der Waals surface area contributed by atoms with Gasteiger partial charge in [0.2, 0.25) is 11.8 Å². The number of likely N-dealkylation sites (tertiary alicyclic amines) is 1. The highest BCUT2D eigenvalue weighted by Crippen LogP contribution is 2.18. The van der Waals surface area contributed by atoms with Gasteiger partial charge in [0.05, 0.1) is 17.5 Å². The number of carbonyl (C=O) groups excluding carboxylic acids is 3. The van der Waals surface area contributed by atoms with Gasteiger partial charge in [-0.2, -0.15) is 0 Å². The Balaban J connectivity index is 1.51. The van der Waals surface area contributed by atoms with E-state index in [1.165, 1.54) is 11.3 Å². The van der Waals surface area contributed by atoms with Crippen molar-refractivity contribution in [3.05, 3.63) is 22.4 Å². The molecule has 0 unspecified atom stereocenters. The number of piperidine rings is 1. The predicted octanol–water partition coefficient (Wildman–Crippen LogP) is 0.372. The summed E-state index contributed by atoms with van der Waals surface area (Å²) in [6.07, 6.45) is 2.69. The zero-order chi connectivity index (χ0) is 17.8. The molecule has 0 aliphatic carbocycles. The van der Waals surface area contributed by atoms with E-state index in [2.05, 4.69) is 0 Å². The molecule has 2 aliphatic heterocycles. The Bertz CT molecular complexity index is 626. The van der Waals surface area contributed by atoms with E-state index in [1.807, 2.05) is 22.4 Å². The number of hydrogen-bond donors (Lipinski definition) is 1. The molecule has 3 rings (SSSR count). The van der Waals surface area contributed by atoms with Crippen molar-refractivity contribution >= 4 is 29.1 Å². The van der Waals surface area contributed by atoms with E-state index in [0.717, 1.165) is 30.7 Å². The summed E-state index contributed by atoms with van der Waals surface area (Å²) in [5, 5.41) is 1.89. The van der Waals surface area contributed by atoms with Crippen molar-refractivity contribution in [1.29, 1.82) is 0 Å². The molecule has 1 aromatic rings. The third-order valence-electron chi connectivity index (χ3n) is 4.93. The quantitative estimate of drug-likeness (QED) is 0.836. The van der Waals surface area contributed by atoms with Gasteiger partial charge in [-0.1, -0.05) is 12.5 Å². The van der Waals surface area contributed by atoms with Gasteiger partial charge in [-0.25, -0.2) is 0 Å². The van der Waals surface area contributed by atoms with E-state index in [4.69, 9.17) is 5.73 Å². The van der Waals surface area contributed by atoms with Gasteiger partial charge in [0.15, 0.2) is 0 Å². The van der Waals surface area contributed by atoms with Crippen molar-refractivity contribution in [2.75, 3.05) is 39.3 Å². The second-order valence-corrected chi connectivity index (χ2v) is 7.48. The van der Waals surface area contributed by atoms with Crippen molar-refractivity contribution in [3.63, 3.8) is 0 Å². The van der Waals surface area contributed by atoms with E-state index >= 15 is 0 Å². The van der Waals surface area contributed by atoms with Gasteiger partial charge in [-0.05, 0) is 30.8 Å². The van der Waals surface area contributed by atoms with Gasteiger partial charge in [-0.3, -0.25) is 19.3 Å². The van der Waals surface area contributed by atoms with Crippen molar-refractivity contribution < 1.29 is 14.4 Å². The molecule has 2 aliphatic rings. The first kappa shape index (κ1) is 17.9. The first-order chi connectivity index (χ1) is 12.1. The Labute approximate surface area is 151 Å². The van der Waals surface area contributed by atoms with E-state index < -0.39 is 0 Å². The minimum absolute atomic E-state index is 0.0105. The van der Waals surface area contributed by atoms with Crippen LogP contribution in [0.15, 0.2) is 17.5 Å². The van der Waals surface area contributed by atoms with Crippen molar-refractivity contribution in [2.45, 2.75) is 25.3 Å². The van der Waals surface area contributed by atoms with E-state index in [1.54, 1.807) is 9.80 Å². The van der Waals surface area contributed by atoms with E-state index in [-0.39, 0.29) is 30.3 Å². The topological polar surface area (TPSA) is 86.9 Å². The fraction of sp³-hybridized carbons (Fsp3) is 0.588. The van der Waals surface area contributed by atoms with Crippen molar-refractivity contribution in [3.8, 4) is 0 Å². The molecule has 8 heteroatoms. The second-order valence-electron chi connectivity index (χ2n) is 6.53. The highest BCUT2D eigenvalue weighted by molar-refractivity contribution is 7.12. The Morgan fingerprint density at radius 2 is 1.80 bits per heavy atom. The molecule has 0 spiro atoms. The highest BCUT2D eigenvalue weighted by Gasteiger charge is 2.31. The van der Waals surface area contributed by atoms with Crippen LogP contribution in [0.5, 0.6) is 0 Å². The van der Waals surface area contributed by atoms with Crippen LogP contribution in [0, 0.1) is 0 Å². The fourth-order valence-electron chi connectivity index (χ4n) is 3.49. The molecule has 0 bridgehead atoms. The largest absolute Gasteiger partial charge is 0.368 e. The van der Waals surface area contributed by atoms with Crippen LogP contribution in [0.3, 0.4) is 0 Å². The number of piperazine rings is 1. The predicted molar refractivity (Wildman–Crippen MR) is 95.2 cm³/mol. The maximum Gasteiger partial charge on any atom is 0.264 e. The minimum Gasteiger partial charge on any atom is -0.368 e. The number of nitrogens with two attached hydrogens (primary N) is 1. The molecule has 2 fully saturated rings. The smallest absolute Gasteiger partial charge is 0.264 e. The summed E-state index contributed by atoms with van der Waals surface area (Å²) in [4.78, 5) is 42.7. The normalized spacial score (nSPS) is 22.0. The molecule has 136 valence electrons. The molecule has 0 saturated carbocycles.